The Balaban J connectivity index is 1.39. The van der Waals surface area contributed by atoms with Gasteiger partial charge in [-0.05, 0) is 49.1 Å². The first-order valence-corrected chi connectivity index (χ1v) is 14.0. The average molecular weight is 577 g/mol. The SMILES string of the molecule is O=C(N1CCCCC1)N1CCn2cc(C3=C(c4cnc5ccccn45)C(=O)N(C(O)Cl)C3=O)c3cc(F)cc(c32)C1. The van der Waals surface area contributed by atoms with Crippen molar-refractivity contribution in [2.24, 2.45) is 0 Å². The molecule has 1 N–H and O–H groups in total. The third kappa shape index (κ3) is 4.02. The number of carbonyl (C=O) groups excluding carboxylic acids is 3. The van der Waals surface area contributed by atoms with Crippen molar-refractivity contribution in [3.05, 3.63) is 71.6 Å². The number of nitrogens with zero attached hydrogens (tertiary/aromatic N) is 6. The first-order chi connectivity index (χ1) is 19.8. The zero-order valence-corrected chi connectivity index (χ0v) is 22.7. The first-order valence-electron chi connectivity index (χ1n) is 13.6. The summed E-state index contributed by atoms with van der Waals surface area (Å²) in [6.07, 6.45) is 7.96. The second kappa shape index (κ2) is 9.71. The summed E-state index contributed by atoms with van der Waals surface area (Å²) in [6, 6.07) is 8.02. The predicted molar refractivity (Wildman–Crippen MR) is 149 cm³/mol. The van der Waals surface area contributed by atoms with Gasteiger partial charge in [-0.1, -0.05) is 17.7 Å². The molecule has 210 valence electrons. The fourth-order valence-electron chi connectivity index (χ4n) is 6.29. The molecule has 10 nitrogen and oxygen atoms in total. The van der Waals surface area contributed by atoms with Gasteiger partial charge in [0.15, 0.2) is 0 Å². The molecule has 1 atom stereocenters. The van der Waals surface area contributed by atoms with Crippen molar-refractivity contribution >= 4 is 57.1 Å². The Labute approximate surface area is 238 Å². The molecule has 1 aromatic carbocycles. The molecule has 3 aromatic heterocycles. The number of hydrogen-bond acceptors (Lipinski definition) is 5. The van der Waals surface area contributed by atoms with Gasteiger partial charge in [-0.25, -0.2) is 19.1 Å². The molecular weight excluding hydrogens is 551 g/mol. The average Bonchev–Trinajstić information content (AvgIpc) is 3.57. The molecule has 4 amide bonds. The number of aromatic nitrogens is 3. The van der Waals surface area contributed by atoms with E-state index in [9.17, 15) is 19.5 Å². The van der Waals surface area contributed by atoms with Gasteiger partial charge in [-0.3, -0.25) is 14.0 Å². The summed E-state index contributed by atoms with van der Waals surface area (Å²) >= 11 is 5.90. The summed E-state index contributed by atoms with van der Waals surface area (Å²) in [6.45, 7) is 2.45. The molecule has 41 heavy (non-hydrogen) atoms. The Morgan fingerprint density at radius 1 is 1.00 bits per heavy atom. The fraction of sp³-hybridized carbons (Fsp3) is 0.310. The molecule has 1 unspecified atom stereocenters. The first kappa shape index (κ1) is 25.7. The number of aliphatic hydroxyl groups excluding tert-OH is 1. The third-order valence-corrected chi connectivity index (χ3v) is 8.35. The maximum Gasteiger partial charge on any atom is 0.320 e. The Bertz CT molecular complexity index is 1790. The summed E-state index contributed by atoms with van der Waals surface area (Å²) in [5.74, 6) is -2.09. The quantitative estimate of drug-likeness (QED) is 0.228. The largest absolute Gasteiger partial charge is 0.360 e. The highest BCUT2D eigenvalue weighted by Gasteiger charge is 2.44. The Kier molecular flexibility index (Phi) is 6.09. The smallest absolute Gasteiger partial charge is 0.320 e. The third-order valence-electron chi connectivity index (χ3n) is 8.16. The summed E-state index contributed by atoms with van der Waals surface area (Å²) in [7, 11) is 0. The van der Waals surface area contributed by atoms with Crippen molar-refractivity contribution in [1.29, 1.82) is 0 Å². The van der Waals surface area contributed by atoms with Gasteiger partial charge >= 0.3 is 6.03 Å². The molecule has 0 spiro atoms. The van der Waals surface area contributed by atoms with Gasteiger partial charge in [0.1, 0.15) is 11.5 Å². The number of rotatable bonds is 3. The molecule has 1 saturated heterocycles. The zero-order valence-electron chi connectivity index (χ0n) is 22.0. The standard InChI is InChI=1S/C29H26ClFN6O4/c30-28(40)37-26(38)23(24(27(37)39)21-14-32-22-6-2-5-9-36(21)22)20-16-34-10-11-35(29(41)33-7-3-1-4-8-33)15-17-12-18(31)13-19(20)25(17)34/h2,5-6,9,12-14,16,28,40H,1,3-4,7-8,10-11,15H2. The van der Waals surface area contributed by atoms with E-state index < -0.39 is 23.3 Å². The number of likely N-dealkylation sites (tertiary alicyclic amines) is 1. The van der Waals surface area contributed by atoms with Crippen LogP contribution in [0.1, 0.15) is 36.1 Å². The van der Waals surface area contributed by atoms with Crippen molar-refractivity contribution in [3.63, 3.8) is 0 Å². The van der Waals surface area contributed by atoms with E-state index in [4.69, 9.17) is 11.6 Å². The van der Waals surface area contributed by atoms with Crippen LogP contribution in [0.15, 0.2) is 48.9 Å². The molecule has 7 rings (SSSR count). The van der Waals surface area contributed by atoms with Gasteiger partial charge in [-0.2, -0.15) is 0 Å². The second-order valence-corrected chi connectivity index (χ2v) is 11.0. The van der Waals surface area contributed by atoms with Crippen LogP contribution in [-0.2, 0) is 22.7 Å². The number of alkyl halides is 1. The van der Waals surface area contributed by atoms with Crippen molar-refractivity contribution in [2.75, 3.05) is 19.6 Å². The lowest BCUT2D eigenvalue weighted by molar-refractivity contribution is -0.142. The van der Waals surface area contributed by atoms with E-state index in [0.717, 1.165) is 19.3 Å². The highest BCUT2D eigenvalue weighted by Crippen LogP contribution is 2.41. The van der Waals surface area contributed by atoms with Gasteiger partial charge in [0.25, 0.3) is 11.8 Å². The number of benzene rings is 1. The number of imidazole rings is 1. The Morgan fingerprint density at radius 2 is 1.78 bits per heavy atom. The molecule has 0 bridgehead atoms. The molecule has 0 aliphatic carbocycles. The molecule has 0 saturated carbocycles. The lowest BCUT2D eigenvalue weighted by Gasteiger charge is -2.32. The number of halogens is 2. The molecule has 1 fully saturated rings. The lowest BCUT2D eigenvalue weighted by atomic mass is 9.98. The number of imide groups is 1. The minimum atomic E-state index is -1.89. The summed E-state index contributed by atoms with van der Waals surface area (Å²) in [4.78, 5) is 49.2. The van der Waals surface area contributed by atoms with E-state index in [-0.39, 0.29) is 23.7 Å². The molecule has 6 heterocycles. The Hall–Kier alpha value is -4.22. The normalized spacial score (nSPS) is 18.7. The number of fused-ring (bicyclic) bond motifs is 1. The molecule has 12 heteroatoms. The summed E-state index contributed by atoms with van der Waals surface area (Å²) in [5, 5.41) is 10.6. The van der Waals surface area contributed by atoms with Crippen LogP contribution in [-0.4, -0.2) is 76.9 Å². The van der Waals surface area contributed by atoms with Crippen LogP contribution in [0.5, 0.6) is 0 Å². The minimum Gasteiger partial charge on any atom is -0.360 e. The number of carbonyl (C=O) groups is 3. The van der Waals surface area contributed by atoms with Crippen LogP contribution < -0.4 is 0 Å². The summed E-state index contributed by atoms with van der Waals surface area (Å²) in [5.41, 5.74) is 0.660. The van der Waals surface area contributed by atoms with Crippen molar-refractivity contribution in [3.8, 4) is 0 Å². The lowest BCUT2D eigenvalue weighted by Crippen LogP contribution is -2.45. The van der Waals surface area contributed by atoms with Crippen LogP contribution in [0.25, 0.3) is 27.7 Å². The van der Waals surface area contributed by atoms with Gasteiger partial charge in [-0.15, -0.1) is 0 Å². The van der Waals surface area contributed by atoms with Crippen LogP contribution in [0.3, 0.4) is 0 Å². The van der Waals surface area contributed by atoms with Crippen molar-refractivity contribution in [1.82, 2.24) is 28.7 Å². The summed E-state index contributed by atoms with van der Waals surface area (Å²) < 4.78 is 18.8. The van der Waals surface area contributed by atoms with E-state index in [2.05, 4.69) is 4.98 Å². The van der Waals surface area contributed by atoms with Crippen molar-refractivity contribution < 1.29 is 23.9 Å². The highest BCUT2D eigenvalue weighted by molar-refractivity contribution is 6.50. The van der Waals surface area contributed by atoms with Crippen molar-refractivity contribution in [2.45, 2.75) is 38.0 Å². The number of aliphatic hydroxyl groups is 1. The second-order valence-electron chi connectivity index (χ2n) is 10.6. The molecule has 4 aromatic rings. The van der Waals surface area contributed by atoms with E-state index in [1.54, 1.807) is 39.9 Å². The fourth-order valence-corrected chi connectivity index (χ4v) is 6.47. The van der Waals surface area contributed by atoms with Crippen LogP contribution in [0.4, 0.5) is 9.18 Å². The number of piperidine rings is 1. The Morgan fingerprint density at radius 3 is 2.56 bits per heavy atom. The van der Waals surface area contributed by atoms with E-state index in [0.29, 0.717) is 64.4 Å². The van der Waals surface area contributed by atoms with E-state index >= 15 is 4.39 Å². The molecule has 3 aliphatic rings. The number of pyridine rings is 1. The van der Waals surface area contributed by atoms with Gasteiger partial charge in [0.2, 0.25) is 5.69 Å². The zero-order chi connectivity index (χ0) is 28.4. The van der Waals surface area contributed by atoms with Crippen LogP contribution >= 0.6 is 11.6 Å². The van der Waals surface area contributed by atoms with Gasteiger partial charge < -0.3 is 19.5 Å². The van der Waals surface area contributed by atoms with E-state index in [1.807, 2.05) is 9.47 Å². The molecule has 0 radical (unpaired) electrons. The number of hydrogen-bond donors (Lipinski definition) is 1. The molecule has 3 aliphatic heterocycles. The topological polar surface area (TPSA) is 103 Å². The minimum absolute atomic E-state index is 0.00229. The van der Waals surface area contributed by atoms with E-state index in [1.165, 1.54) is 18.3 Å². The maximum atomic E-state index is 15.2. The van der Waals surface area contributed by atoms with Crippen LogP contribution in [0, 0.1) is 5.82 Å². The number of amides is 4. The monoisotopic (exact) mass is 576 g/mol. The van der Waals surface area contributed by atoms with Crippen LogP contribution in [0.2, 0.25) is 0 Å². The predicted octanol–water partition coefficient (Wildman–Crippen LogP) is 3.64. The maximum absolute atomic E-state index is 15.2. The van der Waals surface area contributed by atoms with Gasteiger partial charge in [0, 0.05) is 56.1 Å². The van der Waals surface area contributed by atoms with Gasteiger partial charge in [0.05, 0.1) is 28.6 Å². The highest BCUT2D eigenvalue weighted by atomic mass is 35.5. The number of urea groups is 1. The molecular formula is C29H26ClFN6O4.